The summed E-state index contributed by atoms with van der Waals surface area (Å²) < 4.78 is 0. The molecule has 0 aromatic heterocycles. The molecular formula is C15H24O. The average molecular weight is 220 g/mol. The minimum Gasteiger partial charge on any atom is -0.392 e. The van der Waals surface area contributed by atoms with Crippen molar-refractivity contribution in [2.24, 2.45) is 35.0 Å². The standard InChI is InChI=1S/C15H24O/c1-9(2)11-6-7-15(3)12-5-4-10(8-16)14(15)13(11)12/h4,9,11-14,16H,5-8H2,1-3H3/t11-,12+,13+,14-,15-/m1/s1. The van der Waals surface area contributed by atoms with Gasteiger partial charge < -0.3 is 5.11 Å². The summed E-state index contributed by atoms with van der Waals surface area (Å²) in [6, 6.07) is 0. The molecule has 4 aliphatic rings. The predicted octanol–water partition coefficient (Wildman–Crippen LogP) is 3.24. The smallest absolute Gasteiger partial charge is 0.0644 e. The van der Waals surface area contributed by atoms with Crippen LogP contribution in [0.4, 0.5) is 0 Å². The fourth-order valence-electron chi connectivity index (χ4n) is 5.22. The van der Waals surface area contributed by atoms with Crippen molar-refractivity contribution < 1.29 is 5.11 Å². The highest BCUT2D eigenvalue weighted by atomic mass is 16.3. The van der Waals surface area contributed by atoms with E-state index < -0.39 is 0 Å². The molecule has 0 saturated heterocycles. The highest BCUT2D eigenvalue weighted by Gasteiger charge is 2.65. The molecule has 5 atom stereocenters. The number of rotatable bonds is 2. The van der Waals surface area contributed by atoms with E-state index in [9.17, 15) is 5.11 Å². The van der Waals surface area contributed by atoms with Gasteiger partial charge in [-0.3, -0.25) is 0 Å². The highest BCUT2D eigenvalue weighted by Crippen LogP contribution is 2.71. The van der Waals surface area contributed by atoms with Crippen molar-refractivity contribution in [2.75, 3.05) is 6.61 Å². The number of aliphatic hydroxyl groups is 1. The van der Waals surface area contributed by atoms with Crippen molar-refractivity contribution in [1.82, 2.24) is 0 Å². The molecule has 1 heteroatoms. The first-order chi connectivity index (χ1) is 7.59. The highest BCUT2D eigenvalue weighted by molar-refractivity contribution is 5.29. The molecule has 4 rings (SSSR count). The van der Waals surface area contributed by atoms with Crippen LogP contribution in [0.5, 0.6) is 0 Å². The van der Waals surface area contributed by atoms with Gasteiger partial charge in [0.2, 0.25) is 0 Å². The van der Waals surface area contributed by atoms with Gasteiger partial charge in [0, 0.05) is 0 Å². The normalized spacial score (nSPS) is 49.9. The zero-order chi connectivity index (χ0) is 11.5. The lowest BCUT2D eigenvalue weighted by atomic mass is 9.34. The molecule has 4 aliphatic carbocycles. The third-order valence-corrected chi connectivity index (χ3v) is 5.99. The first kappa shape index (κ1) is 10.8. The van der Waals surface area contributed by atoms with E-state index in [-0.39, 0.29) is 0 Å². The zero-order valence-corrected chi connectivity index (χ0v) is 10.7. The van der Waals surface area contributed by atoms with Crippen LogP contribution in [0.2, 0.25) is 0 Å². The number of allylic oxidation sites excluding steroid dienone is 1. The molecule has 0 spiro atoms. The van der Waals surface area contributed by atoms with Gasteiger partial charge in [-0.15, -0.1) is 0 Å². The molecule has 3 fully saturated rings. The lowest BCUT2D eigenvalue weighted by Gasteiger charge is -2.70. The van der Waals surface area contributed by atoms with Crippen molar-refractivity contribution in [1.29, 1.82) is 0 Å². The lowest BCUT2D eigenvalue weighted by Crippen LogP contribution is -2.64. The fraction of sp³-hybridized carbons (Fsp3) is 0.867. The second-order valence-electron chi connectivity index (χ2n) is 6.79. The van der Waals surface area contributed by atoms with Crippen LogP contribution in [0.15, 0.2) is 11.6 Å². The van der Waals surface area contributed by atoms with Crippen molar-refractivity contribution in [3.8, 4) is 0 Å². The second-order valence-corrected chi connectivity index (χ2v) is 6.79. The average Bonchev–Trinajstić information content (AvgIpc) is 2.29. The molecule has 90 valence electrons. The molecule has 1 N–H and O–H groups in total. The molecule has 16 heavy (non-hydrogen) atoms. The summed E-state index contributed by atoms with van der Waals surface area (Å²) in [7, 11) is 0. The van der Waals surface area contributed by atoms with Gasteiger partial charge in [0.05, 0.1) is 6.61 Å². The maximum absolute atomic E-state index is 9.51. The van der Waals surface area contributed by atoms with Crippen molar-refractivity contribution in [2.45, 2.75) is 40.0 Å². The maximum Gasteiger partial charge on any atom is 0.0644 e. The molecule has 0 amide bonds. The summed E-state index contributed by atoms with van der Waals surface area (Å²) in [6.45, 7) is 7.53. The summed E-state index contributed by atoms with van der Waals surface area (Å²) in [6.07, 6.45) is 6.37. The Morgan fingerprint density at radius 1 is 1.50 bits per heavy atom. The molecule has 0 heterocycles. The van der Waals surface area contributed by atoms with E-state index in [1.165, 1.54) is 24.8 Å². The van der Waals surface area contributed by atoms with Gasteiger partial charge in [-0.05, 0) is 59.8 Å². The minimum atomic E-state index is 0.300. The lowest BCUT2D eigenvalue weighted by molar-refractivity contribution is -0.183. The van der Waals surface area contributed by atoms with Crippen LogP contribution in [0.1, 0.15) is 40.0 Å². The Bertz CT molecular complexity index is 330. The van der Waals surface area contributed by atoms with Gasteiger partial charge >= 0.3 is 0 Å². The Morgan fingerprint density at radius 3 is 2.88 bits per heavy atom. The molecule has 0 aromatic carbocycles. The number of aliphatic hydroxyl groups excluding tert-OH is 1. The van der Waals surface area contributed by atoms with E-state index in [1.54, 1.807) is 0 Å². The number of hydrogen-bond acceptors (Lipinski definition) is 1. The molecule has 1 nitrogen and oxygen atoms in total. The van der Waals surface area contributed by atoms with Gasteiger partial charge in [0.15, 0.2) is 0 Å². The predicted molar refractivity (Wildman–Crippen MR) is 65.9 cm³/mol. The molecular weight excluding hydrogens is 196 g/mol. The summed E-state index contributed by atoms with van der Waals surface area (Å²) in [5.74, 6) is 4.27. The largest absolute Gasteiger partial charge is 0.392 e. The van der Waals surface area contributed by atoms with E-state index in [1.807, 2.05) is 0 Å². The topological polar surface area (TPSA) is 20.2 Å². The van der Waals surface area contributed by atoms with E-state index >= 15 is 0 Å². The first-order valence-corrected chi connectivity index (χ1v) is 6.89. The van der Waals surface area contributed by atoms with E-state index in [0.717, 1.165) is 29.6 Å². The van der Waals surface area contributed by atoms with Crippen LogP contribution < -0.4 is 0 Å². The molecule has 3 saturated carbocycles. The number of hydrogen-bond donors (Lipinski definition) is 1. The van der Waals surface area contributed by atoms with Crippen LogP contribution in [-0.2, 0) is 0 Å². The Morgan fingerprint density at radius 2 is 2.25 bits per heavy atom. The summed E-state index contributed by atoms with van der Waals surface area (Å²) in [5.41, 5.74) is 1.91. The molecule has 0 unspecified atom stereocenters. The summed E-state index contributed by atoms with van der Waals surface area (Å²) in [4.78, 5) is 0. The fourth-order valence-corrected chi connectivity index (χ4v) is 5.22. The van der Waals surface area contributed by atoms with Gasteiger partial charge in [-0.2, -0.15) is 0 Å². The van der Waals surface area contributed by atoms with E-state index in [4.69, 9.17) is 0 Å². The Hall–Kier alpha value is -0.300. The zero-order valence-electron chi connectivity index (χ0n) is 10.7. The quantitative estimate of drug-likeness (QED) is 0.708. The van der Waals surface area contributed by atoms with Crippen molar-refractivity contribution in [3.63, 3.8) is 0 Å². The van der Waals surface area contributed by atoms with Crippen LogP contribution in [-0.4, -0.2) is 11.7 Å². The second kappa shape index (κ2) is 3.35. The maximum atomic E-state index is 9.51. The minimum absolute atomic E-state index is 0.300. The summed E-state index contributed by atoms with van der Waals surface area (Å²) >= 11 is 0. The first-order valence-electron chi connectivity index (χ1n) is 6.89. The van der Waals surface area contributed by atoms with Gasteiger partial charge in [0.25, 0.3) is 0 Å². The number of fused-ring (bicyclic) bond motifs is 2. The molecule has 0 aromatic rings. The monoisotopic (exact) mass is 220 g/mol. The van der Waals surface area contributed by atoms with E-state index in [2.05, 4.69) is 26.8 Å². The third kappa shape index (κ3) is 1.11. The third-order valence-electron chi connectivity index (χ3n) is 5.99. The Labute approximate surface area is 98.9 Å². The summed E-state index contributed by atoms with van der Waals surface area (Å²) in [5, 5.41) is 9.51. The van der Waals surface area contributed by atoms with Crippen molar-refractivity contribution >= 4 is 0 Å². The SMILES string of the molecule is CC(C)[C@H]1CC[C@@]2(C)[C@@H]3C(CO)=CC[C@H]2[C@H]13. The van der Waals surface area contributed by atoms with Crippen LogP contribution in [0, 0.1) is 35.0 Å². The molecule has 0 aliphatic heterocycles. The molecule has 4 bridgehead atoms. The van der Waals surface area contributed by atoms with Crippen molar-refractivity contribution in [3.05, 3.63) is 11.6 Å². The van der Waals surface area contributed by atoms with Crippen LogP contribution in [0.3, 0.4) is 0 Å². The molecule has 0 radical (unpaired) electrons. The van der Waals surface area contributed by atoms with Crippen LogP contribution >= 0.6 is 0 Å². The van der Waals surface area contributed by atoms with Gasteiger partial charge in [0.1, 0.15) is 0 Å². The van der Waals surface area contributed by atoms with E-state index in [0.29, 0.717) is 12.0 Å². The Kier molecular flexibility index (Phi) is 2.27. The van der Waals surface area contributed by atoms with Gasteiger partial charge in [-0.25, -0.2) is 0 Å². The Balaban J connectivity index is 1.93. The van der Waals surface area contributed by atoms with Crippen LogP contribution in [0.25, 0.3) is 0 Å². The van der Waals surface area contributed by atoms with Gasteiger partial charge in [-0.1, -0.05) is 26.8 Å².